The highest BCUT2D eigenvalue weighted by Crippen LogP contribution is 2.27. The highest BCUT2D eigenvalue weighted by molar-refractivity contribution is 5.81. The number of carbonyl (C=O) groups is 1. The maximum atomic E-state index is 12.3. The lowest BCUT2D eigenvalue weighted by Gasteiger charge is -2.29. The fourth-order valence-electron chi connectivity index (χ4n) is 2.93. The molecule has 0 spiro atoms. The van der Waals surface area contributed by atoms with E-state index in [1.807, 2.05) is 11.8 Å². The highest BCUT2D eigenvalue weighted by Gasteiger charge is 2.24. The Morgan fingerprint density at radius 3 is 2.39 bits per heavy atom. The van der Waals surface area contributed by atoms with Crippen LogP contribution < -0.4 is 5.73 Å². The van der Waals surface area contributed by atoms with E-state index in [1.165, 1.54) is 32.1 Å². The van der Waals surface area contributed by atoms with Crippen LogP contribution in [0, 0.1) is 11.8 Å². The maximum absolute atomic E-state index is 12.3. The third-order valence-electron chi connectivity index (χ3n) is 3.91. The van der Waals surface area contributed by atoms with Gasteiger partial charge in [-0.3, -0.25) is 4.79 Å². The van der Waals surface area contributed by atoms with E-state index in [0.29, 0.717) is 11.8 Å². The smallest absolute Gasteiger partial charge is 0.239 e. The largest absolute Gasteiger partial charge is 0.341 e. The lowest BCUT2D eigenvalue weighted by molar-refractivity contribution is -0.133. The number of hydrogen-bond donors (Lipinski definition) is 1. The van der Waals surface area contributed by atoms with Gasteiger partial charge in [0, 0.05) is 13.1 Å². The van der Waals surface area contributed by atoms with E-state index in [4.69, 9.17) is 5.73 Å². The van der Waals surface area contributed by atoms with Crippen LogP contribution in [0.15, 0.2) is 0 Å². The van der Waals surface area contributed by atoms with E-state index in [-0.39, 0.29) is 11.9 Å². The van der Waals surface area contributed by atoms with Crippen LogP contribution in [0.1, 0.15) is 59.3 Å². The third-order valence-corrected chi connectivity index (χ3v) is 3.91. The van der Waals surface area contributed by atoms with Gasteiger partial charge in [-0.2, -0.15) is 0 Å². The Labute approximate surface area is 112 Å². The van der Waals surface area contributed by atoms with Gasteiger partial charge >= 0.3 is 0 Å². The number of nitrogens with zero attached hydrogens (tertiary/aromatic N) is 1. The van der Waals surface area contributed by atoms with E-state index < -0.39 is 0 Å². The number of nitrogens with two attached hydrogens (primary N) is 1. The SMILES string of the molecule is CCN(CC(C)C)C(=O)C(N)CC1CCCCC1. The Morgan fingerprint density at radius 1 is 1.28 bits per heavy atom. The van der Waals surface area contributed by atoms with Gasteiger partial charge in [-0.25, -0.2) is 0 Å². The van der Waals surface area contributed by atoms with Crippen molar-refractivity contribution in [3.05, 3.63) is 0 Å². The van der Waals surface area contributed by atoms with E-state index in [2.05, 4.69) is 13.8 Å². The molecule has 1 unspecified atom stereocenters. The van der Waals surface area contributed by atoms with Crippen molar-refractivity contribution < 1.29 is 4.79 Å². The topological polar surface area (TPSA) is 46.3 Å². The summed E-state index contributed by atoms with van der Waals surface area (Å²) < 4.78 is 0. The minimum Gasteiger partial charge on any atom is -0.341 e. The molecule has 1 amide bonds. The summed E-state index contributed by atoms with van der Waals surface area (Å²) in [5, 5.41) is 0. The maximum Gasteiger partial charge on any atom is 0.239 e. The lowest BCUT2D eigenvalue weighted by atomic mass is 9.84. The molecular formula is C15H30N2O. The monoisotopic (exact) mass is 254 g/mol. The summed E-state index contributed by atoms with van der Waals surface area (Å²) in [5.41, 5.74) is 6.11. The predicted octanol–water partition coefficient (Wildman–Crippen LogP) is 2.79. The molecule has 0 aromatic rings. The van der Waals surface area contributed by atoms with Gasteiger partial charge in [0.25, 0.3) is 0 Å². The van der Waals surface area contributed by atoms with Crippen molar-refractivity contribution in [2.24, 2.45) is 17.6 Å². The van der Waals surface area contributed by atoms with Crippen LogP contribution in [-0.4, -0.2) is 29.9 Å². The molecule has 0 heterocycles. The quantitative estimate of drug-likeness (QED) is 0.792. The first-order valence-corrected chi connectivity index (χ1v) is 7.59. The molecule has 0 aromatic carbocycles. The standard InChI is InChI=1S/C15H30N2O/c1-4-17(11-12(2)3)15(18)14(16)10-13-8-6-5-7-9-13/h12-14H,4-11,16H2,1-3H3. The fourth-order valence-corrected chi connectivity index (χ4v) is 2.93. The van der Waals surface area contributed by atoms with Gasteiger partial charge in [-0.1, -0.05) is 46.0 Å². The van der Waals surface area contributed by atoms with Crippen LogP contribution in [0.3, 0.4) is 0 Å². The summed E-state index contributed by atoms with van der Waals surface area (Å²) in [6, 6.07) is -0.285. The van der Waals surface area contributed by atoms with Crippen molar-refractivity contribution in [1.82, 2.24) is 4.90 Å². The van der Waals surface area contributed by atoms with Gasteiger partial charge in [0.1, 0.15) is 0 Å². The predicted molar refractivity (Wildman–Crippen MR) is 76.3 cm³/mol. The number of rotatable bonds is 6. The molecule has 3 heteroatoms. The summed E-state index contributed by atoms with van der Waals surface area (Å²) in [7, 11) is 0. The number of amides is 1. The van der Waals surface area contributed by atoms with Gasteiger partial charge in [-0.05, 0) is 25.2 Å². The van der Waals surface area contributed by atoms with Crippen molar-refractivity contribution in [3.63, 3.8) is 0 Å². The van der Waals surface area contributed by atoms with Crippen molar-refractivity contribution in [3.8, 4) is 0 Å². The third kappa shape index (κ3) is 4.97. The van der Waals surface area contributed by atoms with E-state index in [9.17, 15) is 4.79 Å². The molecule has 0 bridgehead atoms. The average molecular weight is 254 g/mol. The number of hydrogen-bond acceptors (Lipinski definition) is 2. The first-order valence-electron chi connectivity index (χ1n) is 7.59. The zero-order valence-electron chi connectivity index (χ0n) is 12.3. The zero-order valence-corrected chi connectivity index (χ0v) is 12.3. The number of likely N-dealkylation sites (N-methyl/N-ethyl adjacent to an activating group) is 1. The van der Waals surface area contributed by atoms with Gasteiger partial charge in [-0.15, -0.1) is 0 Å². The van der Waals surface area contributed by atoms with Crippen molar-refractivity contribution in [2.45, 2.75) is 65.3 Å². The van der Waals surface area contributed by atoms with Crippen LogP contribution in [0.5, 0.6) is 0 Å². The van der Waals surface area contributed by atoms with E-state index >= 15 is 0 Å². The Balaban J connectivity index is 2.42. The van der Waals surface area contributed by atoms with E-state index in [1.54, 1.807) is 0 Å². The van der Waals surface area contributed by atoms with Crippen molar-refractivity contribution in [2.75, 3.05) is 13.1 Å². The molecule has 1 saturated carbocycles. The fraction of sp³-hybridized carbons (Fsp3) is 0.933. The Morgan fingerprint density at radius 2 is 1.89 bits per heavy atom. The van der Waals surface area contributed by atoms with Crippen molar-refractivity contribution >= 4 is 5.91 Å². The Hall–Kier alpha value is -0.570. The molecule has 0 saturated heterocycles. The first kappa shape index (κ1) is 15.5. The van der Waals surface area contributed by atoms with Crippen LogP contribution in [0.25, 0.3) is 0 Å². The summed E-state index contributed by atoms with van der Waals surface area (Å²) in [5.74, 6) is 1.34. The normalized spacial score (nSPS) is 18.9. The summed E-state index contributed by atoms with van der Waals surface area (Å²) >= 11 is 0. The van der Waals surface area contributed by atoms with Crippen LogP contribution in [0.2, 0.25) is 0 Å². The highest BCUT2D eigenvalue weighted by atomic mass is 16.2. The van der Waals surface area contributed by atoms with Gasteiger partial charge in [0.2, 0.25) is 5.91 Å². The molecule has 1 atom stereocenters. The molecule has 2 N–H and O–H groups in total. The number of carbonyl (C=O) groups excluding carboxylic acids is 1. The molecule has 106 valence electrons. The summed E-state index contributed by atoms with van der Waals surface area (Å²) in [6.07, 6.45) is 7.39. The second-order valence-corrected chi connectivity index (χ2v) is 6.12. The van der Waals surface area contributed by atoms with Gasteiger partial charge < -0.3 is 10.6 Å². The Bertz CT molecular complexity index is 247. The average Bonchev–Trinajstić information content (AvgIpc) is 2.36. The molecule has 1 aliphatic carbocycles. The van der Waals surface area contributed by atoms with E-state index in [0.717, 1.165) is 19.5 Å². The van der Waals surface area contributed by atoms with Crippen molar-refractivity contribution in [1.29, 1.82) is 0 Å². The molecule has 0 aliphatic heterocycles. The van der Waals surface area contributed by atoms with Crippen LogP contribution in [-0.2, 0) is 4.79 Å². The minimum absolute atomic E-state index is 0.150. The molecule has 18 heavy (non-hydrogen) atoms. The molecule has 3 nitrogen and oxygen atoms in total. The zero-order chi connectivity index (χ0) is 13.5. The molecule has 0 aromatic heterocycles. The minimum atomic E-state index is -0.285. The molecule has 1 rings (SSSR count). The van der Waals surface area contributed by atoms with Crippen LogP contribution in [0.4, 0.5) is 0 Å². The molecule has 1 fully saturated rings. The summed E-state index contributed by atoms with van der Waals surface area (Å²) in [6.45, 7) is 7.92. The lowest BCUT2D eigenvalue weighted by Crippen LogP contribution is -2.46. The second kappa shape index (κ2) is 7.78. The molecular weight excluding hydrogens is 224 g/mol. The Kier molecular flexibility index (Phi) is 6.69. The summed E-state index contributed by atoms with van der Waals surface area (Å²) in [4.78, 5) is 14.2. The first-order chi connectivity index (χ1) is 8.54. The van der Waals surface area contributed by atoms with Gasteiger partial charge in [0.15, 0.2) is 0 Å². The second-order valence-electron chi connectivity index (χ2n) is 6.12. The molecule has 0 radical (unpaired) electrons. The van der Waals surface area contributed by atoms with Gasteiger partial charge in [0.05, 0.1) is 6.04 Å². The van der Waals surface area contributed by atoms with Crippen LogP contribution >= 0.6 is 0 Å². The molecule has 1 aliphatic rings.